The number of guanidine groups is 1. The maximum absolute atomic E-state index is 4.68. The molecule has 126 valence electrons. The Bertz CT molecular complexity index is 497. The van der Waals surface area contributed by atoms with Crippen LogP contribution < -0.4 is 15.5 Å². The Kier molecular flexibility index (Phi) is 7.50. The smallest absolute Gasteiger partial charge is 0.191 e. The van der Waals surface area contributed by atoms with E-state index in [9.17, 15) is 0 Å². The first-order valence-corrected chi connectivity index (χ1v) is 8.84. The first-order valence-electron chi connectivity index (χ1n) is 8.84. The fraction of sp³-hybridized carbons (Fsp3) is 0.526. The van der Waals surface area contributed by atoms with Crippen molar-refractivity contribution in [3.8, 4) is 0 Å². The van der Waals surface area contributed by atoms with Gasteiger partial charge < -0.3 is 15.5 Å². The van der Waals surface area contributed by atoms with Gasteiger partial charge in [-0.15, -0.1) is 0 Å². The number of hydrogen-bond acceptors (Lipinski definition) is 2. The fourth-order valence-corrected chi connectivity index (χ4v) is 2.59. The molecule has 23 heavy (non-hydrogen) atoms. The van der Waals surface area contributed by atoms with E-state index in [0.717, 1.165) is 32.1 Å². The third kappa shape index (κ3) is 5.97. The Morgan fingerprint density at radius 1 is 1.04 bits per heavy atom. The normalized spacial score (nSPS) is 14.3. The molecular formula is C19H30N4. The standard InChI is InChI=1S/C19H30N4/c1-3-5-6-13-21-19(20-4-2)22-16-17-9-11-18(12-10-17)23-14-7-8-15-23/h7-12H,3-6,13-16H2,1-2H3,(H2,20,21,22). The van der Waals surface area contributed by atoms with E-state index in [2.05, 4.69) is 70.8 Å². The molecule has 1 aliphatic rings. The molecule has 0 unspecified atom stereocenters. The summed E-state index contributed by atoms with van der Waals surface area (Å²) >= 11 is 0. The summed E-state index contributed by atoms with van der Waals surface area (Å²) in [6.45, 7) is 8.94. The first-order chi connectivity index (χ1) is 11.3. The Morgan fingerprint density at radius 3 is 2.43 bits per heavy atom. The van der Waals surface area contributed by atoms with E-state index in [4.69, 9.17) is 0 Å². The number of unbranched alkanes of at least 4 members (excludes halogenated alkanes) is 2. The number of benzene rings is 1. The van der Waals surface area contributed by atoms with E-state index in [1.165, 1.54) is 30.5 Å². The number of rotatable bonds is 8. The second-order valence-electron chi connectivity index (χ2n) is 5.87. The average molecular weight is 314 g/mol. The molecule has 0 radical (unpaired) electrons. The van der Waals surface area contributed by atoms with Crippen molar-refractivity contribution in [1.29, 1.82) is 0 Å². The molecule has 2 rings (SSSR count). The molecule has 0 saturated heterocycles. The van der Waals surface area contributed by atoms with Crippen molar-refractivity contribution in [2.24, 2.45) is 4.99 Å². The predicted octanol–water partition coefficient (Wildman–Crippen LogP) is 3.31. The zero-order valence-corrected chi connectivity index (χ0v) is 14.5. The van der Waals surface area contributed by atoms with E-state index in [0.29, 0.717) is 6.54 Å². The lowest BCUT2D eigenvalue weighted by molar-refractivity contribution is 0.683. The van der Waals surface area contributed by atoms with Gasteiger partial charge in [0.1, 0.15) is 0 Å². The zero-order chi connectivity index (χ0) is 16.3. The van der Waals surface area contributed by atoms with Crippen molar-refractivity contribution in [3.63, 3.8) is 0 Å². The van der Waals surface area contributed by atoms with Crippen LogP contribution in [-0.4, -0.2) is 32.1 Å². The lowest BCUT2D eigenvalue weighted by atomic mass is 10.2. The Labute approximate surface area is 140 Å². The summed E-state index contributed by atoms with van der Waals surface area (Å²) in [5.74, 6) is 0.913. The van der Waals surface area contributed by atoms with Gasteiger partial charge in [-0.2, -0.15) is 0 Å². The van der Waals surface area contributed by atoms with Gasteiger partial charge in [-0.25, -0.2) is 4.99 Å². The highest BCUT2D eigenvalue weighted by Gasteiger charge is 2.06. The lowest BCUT2D eigenvalue weighted by Crippen LogP contribution is -2.37. The van der Waals surface area contributed by atoms with Gasteiger partial charge in [0, 0.05) is 31.9 Å². The van der Waals surface area contributed by atoms with Gasteiger partial charge in [0.05, 0.1) is 6.54 Å². The van der Waals surface area contributed by atoms with Crippen LogP contribution in [0.2, 0.25) is 0 Å². The van der Waals surface area contributed by atoms with Gasteiger partial charge in [-0.3, -0.25) is 0 Å². The fourth-order valence-electron chi connectivity index (χ4n) is 2.59. The summed E-state index contributed by atoms with van der Waals surface area (Å²) in [4.78, 5) is 7.03. The molecule has 4 nitrogen and oxygen atoms in total. The molecular weight excluding hydrogens is 284 g/mol. The van der Waals surface area contributed by atoms with Crippen LogP contribution in [0.4, 0.5) is 5.69 Å². The summed E-state index contributed by atoms with van der Waals surface area (Å²) in [6, 6.07) is 8.74. The van der Waals surface area contributed by atoms with Gasteiger partial charge in [-0.1, -0.05) is 44.1 Å². The summed E-state index contributed by atoms with van der Waals surface area (Å²) in [7, 11) is 0. The van der Waals surface area contributed by atoms with Crippen molar-refractivity contribution in [3.05, 3.63) is 42.0 Å². The van der Waals surface area contributed by atoms with Crippen LogP contribution in [0, 0.1) is 0 Å². The molecule has 1 heterocycles. The van der Waals surface area contributed by atoms with Gasteiger partial charge >= 0.3 is 0 Å². The Balaban J connectivity index is 1.85. The maximum atomic E-state index is 4.68. The minimum atomic E-state index is 0.710. The first kappa shape index (κ1) is 17.4. The minimum Gasteiger partial charge on any atom is -0.364 e. The zero-order valence-electron chi connectivity index (χ0n) is 14.5. The van der Waals surface area contributed by atoms with Crippen LogP contribution in [-0.2, 0) is 6.54 Å². The van der Waals surface area contributed by atoms with E-state index in [1.54, 1.807) is 0 Å². The third-order valence-corrected chi connectivity index (χ3v) is 3.96. The molecule has 1 aromatic carbocycles. The monoisotopic (exact) mass is 314 g/mol. The van der Waals surface area contributed by atoms with Crippen LogP contribution in [0.5, 0.6) is 0 Å². The van der Waals surface area contributed by atoms with Crippen LogP contribution in [0.1, 0.15) is 38.7 Å². The van der Waals surface area contributed by atoms with Gasteiger partial charge in [0.2, 0.25) is 0 Å². The molecule has 4 heteroatoms. The molecule has 0 atom stereocenters. The van der Waals surface area contributed by atoms with E-state index >= 15 is 0 Å². The van der Waals surface area contributed by atoms with Crippen molar-refractivity contribution in [2.45, 2.75) is 39.7 Å². The molecule has 1 aromatic rings. The second-order valence-corrected chi connectivity index (χ2v) is 5.87. The Morgan fingerprint density at radius 2 is 1.78 bits per heavy atom. The highest BCUT2D eigenvalue weighted by molar-refractivity contribution is 5.79. The van der Waals surface area contributed by atoms with E-state index in [1.807, 2.05) is 0 Å². The van der Waals surface area contributed by atoms with Crippen LogP contribution in [0.3, 0.4) is 0 Å². The average Bonchev–Trinajstić information content (AvgIpc) is 3.11. The lowest BCUT2D eigenvalue weighted by Gasteiger charge is -2.17. The molecule has 2 N–H and O–H groups in total. The summed E-state index contributed by atoms with van der Waals surface area (Å²) < 4.78 is 0. The molecule has 0 aromatic heterocycles. The van der Waals surface area contributed by atoms with Crippen molar-refractivity contribution >= 4 is 11.6 Å². The van der Waals surface area contributed by atoms with Gasteiger partial charge in [-0.05, 0) is 31.0 Å². The van der Waals surface area contributed by atoms with Crippen LogP contribution in [0.25, 0.3) is 0 Å². The summed E-state index contributed by atoms with van der Waals surface area (Å²) in [5, 5.41) is 6.71. The van der Waals surface area contributed by atoms with E-state index in [-0.39, 0.29) is 0 Å². The number of nitrogens with zero attached hydrogens (tertiary/aromatic N) is 2. The molecule has 0 amide bonds. The molecule has 0 spiro atoms. The highest BCUT2D eigenvalue weighted by atomic mass is 15.2. The summed E-state index contributed by atoms with van der Waals surface area (Å²) in [6.07, 6.45) is 8.13. The predicted molar refractivity (Wildman–Crippen MR) is 100 cm³/mol. The van der Waals surface area contributed by atoms with Gasteiger partial charge in [0.15, 0.2) is 5.96 Å². The van der Waals surface area contributed by atoms with Crippen LogP contribution in [0.15, 0.2) is 41.4 Å². The molecule has 1 aliphatic heterocycles. The minimum absolute atomic E-state index is 0.710. The van der Waals surface area contributed by atoms with Crippen molar-refractivity contribution in [2.75, 3.05) is 31.1 Å². The van der Waals surface area contributed by atoms with E-state index < -0.39 is 0 Å². The molecule has 0 bridgehead atoms. The quantitative estimate of drug-likeness (QED) is 0.335. The Hall–Kier alpha value is -1.97. The second kappa shape index (κ2) is 9.93. The number of nitrogens with one attached hydrogen (secondary N) is 2. The highest BCUT2D eigenvalue weighted by Crippen LogP contribution is 2.17. The van der Waals surface area contributed by atoms with Crippen molar-refractivity contribution < 1.29 is 0 Å². The van der Waals surface area contributed by atoms with Gasteiger partial charge in [0.25, 0.3) is 0 Å². The topological polar surface area (TPSA) is 39.7 Å². The maximum Gasteiger partial charge on any atom is 0.191 e. The number of aliphatic imine (C=N–C) groups is 1. The molecule has 0 aliphatic carbocycles. The van der Waals surface area contributed by atoms with Crippen LogP contribution >= 0.6 is 0 Å². The number of hydrogen-bond donors (Lipinski definition) is 2. The third-order valence-electron chi connectivity index (χ3n) is 3.96. The van der Waals surface area contributed by atoms with Crippen molar-refractivity contribution in [1.82, 2.24) is 10.6 Å². The SMILES string of the molecule is CCCCCNC(=NCc1ccc(N2CC=CC2)cc1)NCC. The largest absolute Gasteiger partial charge is 0.364 e. The number of anilines is 1. The molecule has 0 saturated carbocycles. The molecule has 0 fully saturated rings. The summed E-state index contributed by atoms with van der Waals surface area (Å²) in [5.41, 5.74) is 2.53.